The summed E-state index contributed by atoms with van der Waals surface area (Å²) < 4.78 is 6.09. The summed E-state index contributed by atoms with van der Waals surface area (Å²) in [5.41, 5.74) is 4.40. The second kappa shape index (κ2) is 11.1. The minimum Gasteiger partial charge on any atom is -0.507 e. The first-order valence-corrected chi connectivity index (χ1v) is 13.3. The van der Waals surface area contributed by atoms with Crippen LogP contribution in [-0.2, 0) is 14.2 Å². The number of carbonyl (C=O) groups excluding carboxylic acids is 2. The topological polar surface area (TPSA) is 87.1 Å². The number of allylic oxidation sites excluding steroid dienone is 2. The molecule has 1 aromatic rings. The fourth-order valence-electron chi connectivity index (χ4n) is 6.35. The molecule has 6 nitrogen and oxygen atoms in total. The smallest absolute Gasteiger partial charge is 0.455 e. The van der Waals surface area contributed by atoms with Gasteiger partial charge < -0.3 is 14.8 Å². The third kappa shape index (κ3) is 5.12. The van der Waals surface area contributed by atoms with Crippen molar-refractivity contribution in [3.8, 4) is 5.75 Å². The van der Waals surface area contributed by atoms with E-state index >= 15 is 0 Å². The number of phenolic OH excluding ortho intramolecular Hbond substituents is 1. The Hall–Kier alpha value is -2.38. The normalized spacial score (nSPS) is 26.9. The number of carbonyl (C=O) groups is 2. The highest BCUT2D eigenvalue weighted by Gasteiger charge is 2.56. The number of likely N-dealkylation sites (tertiary alicyclic amines) is 1. The predicted octanol–water partition coefficient (Wildman–Crippen LogP) is 4.97. The van der Waals surface area contributed by atoms with Crippen molar-refractivity contribution in [3.63, 3.8) is 0 Å². The molecule has 188 valence electrons. The van der Waals surface area contributed by atoms with Gasteiger partial charge in [-0.3, -0.25) is 14.5 Å². The van der Waals surface area contributed by atoms with E-state index in [2.05, 4.69) is 19.9 Å². The van der Waals surface area contributed by atoms with Crippen molar-refractivity contribution in [1.29, 1.82) is 0 Å². The van der Waals surface area contributed by atoms with Crippen LogP contribution in [0.25, 0.3) is 6.08 Å². The molecule has 0 unspecified atom stereocenters. The Morgan fingerprint density at radius 1 is 1.11 bits per heavy atom. The standard InChI is InChI=1S/C28H38BNO5/c1-4-9-18(15-20-10-7-8-11-23(20)31)12-13-24-25-19(6-3)16-21-26(22(25)17-29(34)35-24)28(33)30(14-5-2)27(21)32/h7-8,10-11,15,21-22,24,26,31,34H,4-6,9,12-14,16-17H2,1-3H3/b18-15+/t21-,22+,24-,26-/m1/s1. The van der Waals surface area contributed by atoms with Crippen molar-refractivity contribution in [2.24, 2.45) is 17.8 Å². The van der Waals surface area contributed by atoms with Gasteiger partial charge in [-0.25, -0.2) is 0 Å². The number of imide groups is 1. The lowest BCUT2D eigenvalue weighted by atomic mass is 9.58. The molecule has 2 fully saturated rings. The third-order valence-electron chi connectivity index (χ3n) is 7.87. The maximum atomic E-state index is 13.3. The summed E-state index contributed by atoms with van der Waals surface area (Å²) in [6, 6.07) is 7.33. The van der Waals surface area contributed by atoms with E-state index in [4.69, 9.17) is 4.65 Å². The van der Waals surface area contributed by atoms with Gasteiger partial charge in [-0.05, 0) is 62.4 Å². The van der Waals surface area contributed by atoms with E-state index in [9.17, 15) is 19.7 Å². The van der Waals surface area contributed by atoms with E-state index in [1.165, 1.54) is 16.0 Å². The highest BCUT2D eigenvalue weighted by atomic mass is 16.5. The molecule has 0 saturated carbocycles. The number of hydrogen-bond acceptors (Lipinski definition) is 5. The van der Waals surface area contributed by atoms with Gasteiger partial charge in [0, 0.05) is 12.1 Å². The average Bonchev–Trinajstić information content (AvgIpc) is 3.08. The maximum Gasteiger partial charge on any atom is 0.455 e. The lowest BCUT2D eigenvalue weighted by molar-refractivity contribution is -0.140. The van der Waals surface area contributed by atoms with Crippen molar-refractivity contribution >= 4 is 25.0 Å². The first-order chi connectivity index (χ1) is 16.9. The molecule has 0 spiro atoms. The van der Waals surface area contributed by atoms with Gasteiger partial charge in [-0.15, -0.1) is 0 Å². The minimum atomic E-state index is -0.939. The van der Waals surface area contributed by atoms with Crippen LogP contribution in [0.2, 0.25) is 6.32 Å². The number of phenols is 1. The Morgan fingerprint density at radius 2 is 1.89 bits per heavy atom. The zero-order chi connectivity index (χ0) is 25.1. The number of amides is 2. The van der Waals surface area contributed by atoms with Gasteiger partial charge >= 0.3 is 7.12 Å². The van der Waals surface area contributed by atoms with E-state index < -0.39 is 7.12 Å². The number of benzene rings is 1. The summed E-state index contributed by atoms with van der Waals surface area (Å²) in [6.07, 6.45) is 7.71. The average molecular weight is 479 g/mol. The summed E-state index contributed by atoms with van der Waals surface area (Å²) in [7, 11) is -0.939. The van der Waals surface area contributed by atoms with Gasteiger partial charge in [0.15, 0.2) is 0 Å². The maximum absolute atomic E-state index is 13.3. The van der Waals surface area contributed by atoms with Crippen LogP contribution in [0.1, 0.15) is 71.3 Å². The summed E-state index contributed by atoms with van der Waals surface area (Å²) in [6.45, 7) is 6.69. The van der Waals surface area contributed by atoms with E-state index in [-0.39, 0.29) is 41.4 Å². The molecule has 0 aromatic heterocycles. The molecular formula is C28H38BNO5. The highest BCUT2D eigenvalue weighted by molar-refractivity contribution is 6.43. The van der Waals surface area contributed by atoms with Gasteiger partial charge in [-0.2, -0.15) is 0 Å². The number of rotatable bonds is 9. The molecule has 2 N–H and O–H groups in total. The minimum absolute atomic E-state index is 0.0415. The highest BCUT2D eigenvalue weighted by Crippen LogP contribution is 2.51. The first kappa shape index (κ1) is 25.7. The van der Waals surface area contributed by atoms with Crippen LogP contribution < -0.4 is 0 Å². The van der Waals surface area contributed by atoms with Crippen LogP contribution in [0.3, 0.4) is 0 Å². The fraction of sp³-hybridized carbons (Fsp3) is 0.571. The van der Waals surface area contributed by atoms with Crippen molar-refractivity contribution in [2.75, 3.05) is 6.54 Å². The molecule has 4 atom stereocenters. The van der Waals surface area contributed by atoms with Crippen LogP contribution >= 0.6 is 0 Å². The number of nitrogens with zero attached hydrogens (tertiary/aromatic N) is 1. The van der Waals surface area contributed by atoms with E-state index in [0.29, 0.717) is 25.7 Å². The number of fused-ring (bicyclic) bond motifs is 3. The van der Waals surface area contributed by atoms with Gasteiger partial charge in [0.2, 0.25) is 11.8 Å². The Balaban J connectivity index is 1.60. The summed E-state index contributed by atoms with van der Waals surface area (Å²) in [5.74, 6) is -0.681. The molecule has 7 heteroatoms. The third-order valence-corrected chi connectivity index (χ3v) is 7.87. The molecule has 2 aliphatic heterocycles. The quantitative estimate of drug-likeness (QED) is 0.297. The van der Waals surface area contributed by atoms with Gasteiger partial charge in [0.05, 0.1) is 17.9 Å². The molecule has 2 saturated heterocycles. The van der Waals surface area contributed by atoms with Crippen LogP contribution in [0.4, 0.5) is 0 Å². The van der Waals surface area contributed by atoms with Crippen LogP contribution in [0.5, 0.6) is 5.75 Å². The predicted molar refractivity (Wildman–Crippen MR) is 137 cm³/mol. The van der Waals surface area contributed by atoms with Gasteiger partial charge in [0.25, 0.3) is 0 Å². The lowest BCUT2D eigenvalue weighted by Crippen LogP contribution is -2.46. The molecule has 4 rings (SSSR count). The van der Waals surface area contributed by atoms with Crippen LogP contribution in [0.15, 0.2) is 41.0 Å². The Kier molecular flexibility index (Phi) is 8.18. The molecule has 2 heterocycles. The zero-order valence-corrected chi connectivity index (χ0v) is 21.2. The van der Waals surface area contributed by atoms with E-state index in [1.807, 2.05) is 25.1 Å². The van der Waals surface area contributed by atoms with Crippen molar-refractivity contribution in [1.82, 2.24) is 4.90 Å². The molecule has 1 aliphatic carbocycles. The molecule has 3 aliphatic rings. The SMILES string of the molecule is CCC/C(=C\c1ccccc1O)CC[C@H]1OB(O)C[C@H]2C1=C(CC)C[C@H]1C(=O)N(CCC)C(=O)[C@H]12. The summed E-state index contributed by atoms with van der Waals surface area (Å²) in [4.78, 5) is 27.9. The second-order valence-electron chi connectivity index (χ2n) is 10.1. The molecular weight excluding hydrogens is 441 g/mol. The Morgan fingerprint density at radius 3 is 2.57 bits per heavy atom. The monoisotopic (exact) mass is 479 g/mol. The molecule has 0 bridgehead atoms. The number of hydrogen-bond donors (Lipinski definition) is 2. The fourth-order valence-corrected chi connectivity index (χ4v) is 6.35. The van der Waals surface area contributed by atoms with Crippen molar-refractivity contribution in [2.45, 2.75) is 78.1 Å². The summed E-state index contributed by atoms with van der Waals surface area (Å²) >= 11 is 0. The first-order valence-electron chi connectivity index (χ1n) is 13.3. The molecule has 35 heavy (non-hydrogen) atoms. The molecule has 2 amide bonds. The number of aromatic hydroxyl groups is 1. The Labute approximate surface area is 209 Å². The van der Waals surface area contributed by atoms with E-state index in [1.54, 1.807) is 6.07 Å². The zero-order valence-electron chi connectivity index (χ0n) is 21.2. The number of para-hydroxylation sites is 1. The van der Waals surface area contributed by atoms with Crippen molar-refractivity contribution < 1.29 is 24.4 Å². The van der Waals surface area contributed by atoms with Gasteiger partial charge in [-0.1, -0.05) is 62.6 Å². The lowest BCUT2D eigenvalue weighted by Gasteiger charge is -2.43. The van der Waals surface area contributed by atoms with Gasteiger partial charge in [0.1, 0.15) is 5.75 Å². The van der Waals surface area contributed by atoms with Crippen LogP contribution in [0, 0.1) is 17.8 Å². The van der Waals surface area contributed by atoms with Crippen LogP contribution in [-0.4, -0.2) is 46.6 Å². The Bertz CT molecular complexity index is 1020. The second-order valence-corrected chi connectivity index (χ2v) is 10.1. The van der Waals surface area contributed by atoms with E-state index in [0.717, 1.165) is 43.2 Å². The summed E-state index contributed by atoms with van der Waals surface area (Å²) in [5, 5.41) is 20.9. The molecule has 1 aromatic carbocycles. The molecule has 0 radical (unpaired) electrons. The van der Waals surface area contributed by atoms with Crippen molar-refractivity contribution in [3.05, 3.63) is 46.5 Å². The largest absolute Gasteiger partial charge is 0.507 e.